The number of nitriles is 1. The van der Waals surface area contributed by atoms with Gasteiger partial charge in [-0.15, -0.1) is 0 Å². The number of pyridine rings is 1. The molecule has 2 aromatic carbocycles. The van der Waals surface area contributed by atoms with E-state index in [-0.39, 0.29) is 11.6 Å². The van der Waals surface area contributed by atoms with Gasteiger partial charge >= 0.3 is 0 Å². The average molecular weight is 377 g/mol. The molecule has 0 bridgehead atoms. The number of nitrogens with one attached hydrogen (secondary N) is 2. The molecule has 0 fully saturated rings. The van der Waals surface area contributed by atoms with Crippen LogP contribution in [0.15, 0.2) is 54.7 Å². The van der Waals surface area contributed by atoms with Crippen molar-refractivity contribution in [2.75, 3.05) is 10.6 Å². The molecule has 3 rings (SSSR count). The molecule has 1 amide bonds. The molecule has 0 atom stereocenters. The Morgan fingerprint density at radius 1 is 1.11 bits per heavy atom. The fourth-order valence-electron chi connectivity index (χ4n) is 2.72. The Hall–Kier alpha value is -3.36. The Balaban J connectivity index is 1.81. The number of hydrogen-bond acceptors (Lipinski definition) is 4. The molecule has 0 aliphatic rings. The lowest BCUT2D eigenvalue weighted by Crippen LogP contribution is -2.15. The summed E-state index contributed by atoms with van der Waals surface area (Å²) in [4.78, 5) is 16.7. The molecule has 2 N–H and O–H groups in total. The summed E-state index contributed by atoms with van der Waals surface area (Å²) in [6, 6.07) is 16.3. The number of nitrogens with zero attached hydrogens (tertiary/aromatic N) is 2. The molecule has 1 aromatic heterocycles. The third-order valence-corrected chi connectivity index (χ3v) is 4.24. The first-order chi connectivity index (χ1) is 13.0. The Kier molecular flexibility index (Phi) is 5.39. The maximum atomic E-state index is 12.6. The van der Waals surface area contributed by atoms with E-state index >= 15 is 0 Å². The minimum absolute atomic E-state index is 0.257. The molecule has 0 saturated heterocycles. The third-order valence-electron chi connectivity index (χ3n) is 3.94. The number of anilines is 3. The summed E-state index contributed by atoms with van der Waals surface area (Å²) in [5.74, 6) is -0.349. The van der Waals surface area contributed by atoms with Gasteiger partial charge in [-0.1, -0.05) is 23.7 Å². The largest absolute Gasteiger partial charge is 0.355 e. The van der Waals surface area contributed by atoms with Crippen LogP contribution in [0.2, 0.25) is 5.02 Å². The lowest BCUT2D eigenvalue weighted by Gasteiger charge is -2.12. The molecule has 5 nitrogen and oxygen atoms in total. The van der Waals surface area contributed by atoms with Gasteiger partial charge in [-0.25, -0.2) is 0 Å². The van der Waals surface area contributed by atoms with E-state index in [1.54, 1.807) is 42.6 Å². The van der Waals surface area contributed by atoms with Crippen molar-refractivity contribution in [2.45, 2.75) is 13.8 Å². The van der Waals surface area contributed by atoms with Crippen LogP contribution in [0.4, 0.5) is 17.1 Å². The summed E-state index contributed by atoms with van der Waals surface area (Å²) < 4.78 is 0. The van der Waals surface area contributed by atoms with Gasteiger partial charge in [0.25, 0.3) is 5.91 Å². The standard InChI is InChI=1S/C21H17ClN4O/c1-13-8-14(2)20(18(22)9-13)26-21(27)19-11-17(6-7-24-19)25-16-5-3-4-15(10-16)12-23/h3-11H,1-2H3,(H,24,25)(H,26,27). The molecular weight excluding hydrogens is 360 g/mol. The Bertz CT molecular complexity index is 1030. The molecule has 0 spiro atoms. The number of amides is 1. The molecule has 0 radical (unpaired) electrons. The molecule has 0 unspecified atom stereocenters. The first-order valence-corrected chi connectivity index (χ1v) is 8.65. The lowest BCUT2D eigenvalue weighted by molar-refractivity contribution is 0.102. The molecule has 0 aliphatic heterocycles. The Morgan fingerprint density at radius 3 is 2.63 bits per heavy atom. The van der Waals surface area contributed by atoms with E-state index in [0.717, 1.165) is 16.8 Å². The van der Waals surface area contributed by atoms with E-state index in [4.69, 9.17) is 16.9 Å². The van der Waals surface area contributed by atoms with Crippen molar-refractivity contribution in [1.82, 2.24) is 4.98 Å². The second kappa shape index (κ2) is 7.90. The summed E-state index contributed by atoms with van der Waals surface area (Å²) in [5.41, 5.74) is 4.74. The fraction of sp³-hybridized carbons (Fsp3) is 0.0952. The van der Waals surface area contributed by atoms with Gasteiger partial charge < -0.3 is 10.6 Å². The van der Waals surface area contributed by atoms with Crippen molar-refractivity contribution >= 4 is 34.6 Å². The van der Waals surface area contributed by atoms with Crippen LogP contribution < -0.4 is 10.6 Å². The zero-order valence-corrected chi connectivity index (χ0v) is 15.6. The van der Waals surface area contributed by atoms with Crippen molar-refractivity contribution < 1.29 is 4.79 Å². The molecular formula is C21H17ClN4O. The van der Waals surface area contributed by atoms with Gasteiger partial charge in [-0.3, -0.25) is 9.78 Å². The van der Waals surface area contributed by atoms with Crippen LogP contribution in [0.3, 0.4) is 0 Å². The van der Waals surface area contributed by atoms with Crippen molar-refractivity contribution in [1.29, 1.82) is 5.26 Å². The van der Waals surface area contributed by atoms with Gasteiger partial charge in [0.05, 0.1) is 22.3 Å². The zero-order valence-electron chi connectivity index (χ0n) is 14.9. The molecule has 27 heavy (non-hydrogen) atoms. The highest BCUT2D eigenvalue weighted by molar-refractivity contribution is 6.34. The molecule has 1 heterocycles. The first-order valence-electron chi connectivity index (χ1n) is 8.27. The highest BCUT2D eigenvalue weighted by atomic mass is 35.5. The SMILES string of the molecule is Cc1cc(C)c(NC(=O)c2cc(Nc3cccc(C#N)c3)ccn2)c(Cl)c1. The number of halogens is 1. The summed E-state index contributed by atoms with van der Waals surface area (Å²) in [6.07, 6.45) is 1.55. The van der Waals surface area contributed by atoms with E-state index < -0.39 is 0 Å². The van der Waals surface area contributed by atoms with E-state index in [1.807, 2.05) is 26.0 Å². The Labute approximate surface area is 162 Å². The van der Waals surface area contributed by atoms with E-state index in [0.29, 0.717) is 22.0 Å². The van der Waals surface area contributed by atoms with Gasteiger partial charge in [0.15, 0.2) is 0 Å². The highest BCUT2D eigenvalue weighted by Gasteiger charge is 2.13. The summed E-state index contributed by atoms with van der Waals surface area (Å²) >= 11 is 6.26. The summed E-state index contributed by atoms with van der Waals surface area (Å²) in [6.45, 7) is 3.84. The van der Waals surface area contributed by atoms with Crippen molar-refractivity contribution in [2.24, 2.45) is 0 Å². The minimum atomic E-state index is -0.349. The smallest absolute Gasteiger partial charge is 0.274 e. The van der Waals surface area contributed by atoms with Gasteiger partial charge in [0.1, 0.15) is 5.69 Å². The fourth-order valence-corrected chi connectivity index (χ4v) is 3.09. The Morgan fingerprint density at radius 2 is 1.89 bits per heavy atom. The third kappa shape index (κ3) is 4.43. The van der Waals surface area contributed by atoms with Crippen LogP contribution in [0.5, 0.6) is 0 Å². The van der Waals surface area contributed by atoms with Crippen LogP contribution in [-0.2, 0) is 0 Å². The number of aromatic nitrogens is 1. The maximum absolute atomic E-state index is 12.6. The van der Waals surface area contributed by atoms with Crippen molar-refractivity contribution in [3.05, 3.63) is 82.1 Å². The number of benzene rings is 2. The van der Waals surface area contributed by atoms with E-state index in [1.165, 1.54) is 0 Å². The van der Waals surface area contributed by atoms with Crippen LogP contribution in [0.25, 0.3) is 0 Å². The number of hydrogen-bond donors (Lipinski definition) is 2. The second-order valence-corrected chi connectivity index (χ2v) is 6.55. The van der Waals surface area contributed by atoms with Gasteiger partial charge in [-0.05, 0) is 61.4 Å². The number of aryl methyl sites for hydroxylation is 2. The molecule has 0 saturated carbocycles. The number of carbonyl (C=O) groups excluding carboxylic acids is 1. The highest BCUT2D eigenvalue weighted by Crippen LogP contribution is 2.28. The zero-order chi connectivity index (χ0) is 19.4. The lowest BCUT2D eigenvalue weighted by atomic mass is 10.1. The van der Waals surface area contributed by atoms with Gasteiger partial charge in [0, 0.05) is 17.6 Å². The quantitative estimate of drug-likeness (QED) is 0.654. The molecule has 134 valence electrons. The average Bonchev–Trinajstić information content (AvgIpc) is 2.65. The molecule has 6 heteroatoms. The van der Waals surface area contributed by atoms with Gasteiger partial charge in [-0.2, -0.15) is 5.26 Å². The molecule has 0 aliphatic carbocycles. The van der Waals surface area contributed by atoms with E-state index in [2.05, 4.69) is 21.7 Å². The van der Waals surface area contributed by atoms with Gasteiger partial charge in [0.2, 0.25) is 0 Å². The number of carbonyl (C=O) groups is 1. The second-order valence-electron chi connectivity index (χ2n) is 6.14. The van der Waals surface area contributed by atoms with Crippen molar-refractivity contribution in [3.8, 4) is 6.07 Å². The topological polar surface area (TPSA) is 77.8 Å². The predicted molar refractivity (Wildman–Crippen MR) is 108 cm³/mol. The maximum Gasteiger partial charge on any atom is 0.274 e. The summed E-state index contributed by atoms with van der Waals surface area (Å²) in [5, 5.41) is 15.5. The predicted octanol–water partition coefficient (Wildman–Crippen LogP) is 5.22. The normalized spacial score (nSPS) is 10.1. The number of rotatable bonds is 4. The minimum Gasteiger partial charge on any atom is -0.355 e. The molecule has 3 aromatic rings. The van der Waals surface area contributed by atoms with Crippen molar-refractivity contribution in [3.63, 3.8) is 0 Å². The van der Waals surface area contributed by atoms with Crippen LogP contribution in [0.1, 0.15) is 27.2 Å². The van der Waals surface area contributed by atoms with Crippen LogP contribution >= 0.6 is 11.6 Å². The summed E-state index contributed by atoms with van der Waals surface area (Å²) in [7, 11) is 0. The van der Waals surface area contributed by atoms with Crippen LogP contribution in [0, 0.1) is 25.2 Å². The van der Waals surface area contributed by atoms with Crippen LogP contribution in [-0.4, -0.2) is 10.9 Å². The van der Waals surface area contributed by atoms with E-state index in [9.17, 15) is 4.79 Å². The first kappa shape index (κ1) is 18.4. The monoisotopic (exact) mass is 376 g/mol.